The van der Waals surface area contributed by atoms with E-state index < -0.39 is 69.5 Å². The third-order valence-electron chi connectivity index (χ3n) is 4.87. The minimum Gasteiger partial charge on any atom is -0.394 e. The van der Waals surface area contributed by atoms with Gasteiger partial charge in [-0.25, -0.2) is 15.0 Å². The van der Waals surface area contributed by atoms with Gasteiger partial charge in [0.2, 0.25) is 5.85 Å². The van der Waals surface area contributed by atoms with Crippen LogP contribution in [0.3, 0.4) is 0 Å². The quantitative estimate of drug-likeness (QED) is 0.188. The summed E-state index contributed by atoms with van der Waals surface area (Å²) in [5.74, 6) is -0.672. The molecule has 17 heteroatoms. The Morgan fingerprint density at radius 1 is 1.00 bits per heavy atom. The molecule has 2 aromatic rings. The highest BCUT2D eigenvalue weighted by atomic mass is 31.2. The summed E-state index contributed by atoms with van der Waals surface area (Å²) in [4.78, 5) is 29.1. The average molecular weight is 480 g/mol. The second-order valence-electron chi connectivity index (χ2n) is 6.97. The van der Waals surface area contributed by atoms with Gasteiger partial charge in [-0.05, 0) is 0 Å². The zero-order valence-corrected chi connectivity index (χ0v) is 17.1. The number of rotatable bonds is 4. The van der Waals surface area contributed by atoms with Gasteiger partial charge in [0.1, 0.15) is 48.5 Å². The summed E-state index contributed by atoms with van der Waals surface area (Å²) in [6, 6.07) is 0. The summed E-state index contributed by atoms with van der Waals surface area (Å²) in [5, 5.41) is 55.5. The van der Waals surface area contributed by atoms with Crippen molar-refractivity contribution in [3.8, 4) is 0 Å². The minimum atomic E-state index is -4.68. The Morgan fingerprint density at radius 2 is 1.66 bits per heavy atom. The van der Waals surface area contributed by atoms with Crippen LogP contribution >= 0.6 is 7.60 Å². The molecule has 2 aliphatic rings. The molecule has 16 nitrogen and oxygen atoms in total. The van der Waals surface area contributed by atoms with E-state index in [1.54, 1.807) is 0 Å². The molecule has 10 N–H and O–H groups in total. The standard InChI is InChI=1S/C10H13N5O4.C5H10O7P/c11-8-5-9(13-2-12-8)15(3-14-5)10-7(18)6(17)4(1-16)19-10;6-1-2-3(7)4(8)5(12-2)13(9,10)11/h2-4,6-7,10,16-18H,1H2,(H2,11,12,13);2-4,6-8H,1H2,(H2,9,10,11)/t4-,6-,7-,10-;2-,3-,4-/m11/s1. The highest BCUT2D eigenvalue weighted by molar-refractivity contribution is 7.55. The molecule has 4 heterocycles. The molecule has 2 aliphatic heterocycles. The van der Waals surface area contributed by atoms with E-state index in [1.165, 1.54) is 17.2 Å². The summed E-state index contributed by atoms with van der Waals surface area (Å²) in [6.07, 6.45) is -5.86. The van der Waals surface area contributed by atoms with Crippen LogP contribution in [0.15, 0.2) is 12.7 Å². The Kier molecular flexibility index (Phi) is 7.43. The number of nitrogens with two attached hydrogens (primary N) is 1. The molecule has 0 amide bonds. The molecule has 2 saturated heterocycles. The second-order valence-corrected chi connectivity index (χ2v) is 8.50. The first kappa shape index (κ1) is 24.8. The lowest BCUT2D eigenvalue weighted by Gasteiger charge is -2.16. The molecule has 179 valence electrons. The van der Waals surface area contributed by atoms with E-state index in [2.05, 4.69) is 19.7 Å². The van der Waals surface area contributed by atoms with Crippen molar-refractivity contribution in [2.24, 2.45) is 0 Å². The van der Waals surface area contributed by atoms with Gasteiger partial charge < -0.3 is 55.6 Å². The summed E-state index contributed by atoms with van der Waals surface area (Å²) in [6.45, 7) is -1.01. The van der Waals surface area contributed by atoms with Crippen molar-refractivity contribution in [1.82, 2.24) is 19.5 Å². The van der Waals surface area contributed by atoms with Crippen molar-refractivity contribution < 1.29 is 54.5 Å². The lowest BCUT2D eigenvalue weighted by atomic mass is 10.1. The normalized spacial score (nSPS) is 33.4. The van der Waals surface area contributed by atoms with Crippen molar-refractivity contribution in [2.45, 2.75) is 42.9 Å². The molecule has 0 saturated carbocycles. The van der Waals surface area contributed by atoms with Crippen LogP contribution in [0, 0.1) is 5.85 Å². The molecule has 2 fully saturated rings. The number of imidazole rings is 1. The van der Waals surface area contributed by atoms with Gasteiger partial charge in [0.25, 0.3) is 0 Å². The summed E-state index contributed by atoms with van der Waals surface area (Å²) in [5.41, 5.74) is 6.44. The molecular formula is C15H23N5O11P. The van der Waals surface area contributed by atoms with Crippen LogP contribution in [-0.2, 0) is 14.0 Å². The molecule has 7 atom stereocenters. The first-order valence-electron chi connectivity index (χ1n) is 9.13. The number of nitrogens with zero attached hydrogens (tertiary/aromatic N) is 4. The van der Waals surface area contributed by atoms with Crippen LogP contribution in [0.25, 0.3) is 11.2 Å². The fourth-order valence-electron chi connectivity index (χ4n) is 3.20. The minimum absolute atomic E-state index is 0.218. The van der Waals surface area contributed by atoms with E-state index in [-0.39, 0.29) is 5.82 Å². The van der Waals surface area contributed by atoms with Crippen LogP contribution < -0.4 is 5.73 Å². The number of nitrogen functional groups attached to an aromatic ring is 1. The van der Waals surface area contributed by atoms with Crippen LogP contribution in [0.2, 0.25) is 0 Å². The topological polar surface area (TPSA) is 267 Å². The molecule has 1 radical (unpaired) electrons. The lowest BCUT2D eigenvalue weighted by molar-refractivity contribution is -0.0511. The molecule has 0 spiro atoms. The highest BCUT2D eigenvalue weighted by Gasteiger charge is 2.52. The molecule has 2 aromatic heterocycles. The predicted molar refractivity (Wildman–Crippen MR) is 102 cm³/mol. The Morgan fingerprint density at radius 3 is 2.16 bits per heavy atom. The highest BCUT2D eigenvalue weighted by Crippen LogP contribution is 2.54. The monoisotopic (exact) mass is 480 g/mol. The van der Waals surface area contributed by atoms with E-state index >= 15 is 0 Å². The number of hydrogen-bond acceptors (Lipinski definition) is 13. The molecule has 0 aromatic carbocycles. The number of anilines is 1. The van der Waals surface area contributed by atoms with E-state index in [1.807, 2.05) is 0 Å². The van der Waals surface area contributed by atoms with Gasteiger partial charge in [-0.3, -0.25) is 9.13 Å². The van der Waals surface area contributed by atoms with Crippen LogP contribution in [0.4, 0.5) is 5.82 Å². The Hall–Kier alpha value is -1.82. The SMILES string of the molecule is Nc1ncnc2c1ncn2[C@@H]1O[C@H](CO)[C@@H](O)[C@H]1O.O=P(O)(O)[C]1O[C@H](CO)[C@@H](O)[C@H]1O. The third kappa shape index (κ3) is 4.61. The smallest absolute Gasteiger partial charge is 0.363 e. The largest absolute Gasteiger partial charge is 0.394 e. The molecule has 0 aliphatic carbocycles. The summed E-state index contributed by atoms with van der Waals surface area (Å²) < 4.78 is 22.0. The number of aliphatic hydroxyl groups is 6. The zero-order valence-electron chi connectivity index (χ0n) is 16.2. The van der Waals surface area contributed by atoms with Gasteiger partial charge in [-0.2, -0.15) is 0 Å². The number of hydrogen-bond donors (Lipinski definition) is 9. The third-order valence-corrected chi connectivity index (χ3v) is 5.82. The first-order valence-corrected chi connectivity index (χ1v) is 10.7. The van der Waals surface area contributed by atoms with Gasteiger partial charge in [0.05, 0.1) is 19.5 Å². The number of ether oxygens (including phenoxy) is 2. The number of fused-ring (bicyclic) bond motifs is 1. The van der Waals surface area contributed by atoms with Gasteiger partial charge in [0, 0.05) is 0 Å². The van der Waals surface area contributed by atoms with Crippen LogP contribution in [0.5, 0.6) is 0 Å². The van der Waals surface area contributed by atoms with Crippen molar-refractivity contribution in [1.29, 1.82) is 0 Å². The molecule has 0 unspecified atom stereocenters. The molecule has 0 bridgehead atoms. The van der Waals surface area contributed by atoms with Crippen molar-refractivity contribution in [2.75, 3.05) is 18.9 Å². The van der Waals surface area contributed by atoms with E-state index in [0.29, 0.717) is 11.2 Å². The molecule has 4 rings (SSSR count). The maximum atomic E-state index is 10.6. The van der Waals surface area contributed by atoms with Gasteiger partial charge in [0.15, 0.2) is 17.7 Å². The van der Waals surface area contributed by atoms with E-state index in [0.717, 1.165) is 0 Å². The number of aromatic nitrogens is 4. The second kappa shape index (κ2) is 9.58. The Labute approximate surface area is 179 Å². The fraction of sp³-hybridized carbons (Fsp3) is 0.600. The Balaban J connectivity index is 0.000000195. The maximum Gasteiger partial charge on any atom is 0.363 e. The van der Waals surface area contributed by atoms with Gasteiger partial charge >= 0.3 is 7.60 Å². The van der Waals surface area contributed by atoms with Gasteiger partial charge in [-0.1, -0.05) is 0 Å². The van der Waals surface area contributed by atoms with Crippen LogP contribution in [-0.4, -0.2) is 110 Å². The van der Waals surface area contributed by atoms with Crippen molar-refractivity contribution in [3.63, 3.8) is 0 Å². The molecular weight excluding hydrogens is 457 g/mol. The van der Waals surface area contributed by atoms with Crippen molar-refractivity contribution >= 4 is 24.6 Å². The van der Waals surface area contributed by atoms with Crippen LogP contribution in [0.1, 0.15) is 6.23 Å². The Bertz CT molecular complexity index is 972. The summed E-state index contributed by atoms with van der Waals surface area (Å²) in [7, 11) is -4.68. The lowest BCUT2D eigenvalue weighted by Crippen LogP contribution is -2.33. The predicted octanol–water partition coefficient (Wildman–Crippen LogP) is -4.21. The van der Waals surface area contributed by atoms with Crippen molar-refractivity contribution in [3.05, 3.63) is 18.5 Å². The van der Waals surface area contributed by atoms with E-state index in [4.69, 9.17) is 40.7 Å². The fourth-order valence-corrected chi connectivity index (χ4v) is 3.97. The maximum absolute atomic E-state index is 10.6. The number of aliphatic hydroxyl groups excluding tert-OH is 6. The van der Waals surface area contributed by atoms with Gasteiger partial charge in [-0.15, -0.1) is 0 Å². The first-order chi connectivity index (χ1) is 15.0. The average Bonchev–Trinajstić information content (AvgIpc) is 3.38. The summed E-state index contributed by atoms with van der Waals surface area (Å²) >= 11 is 0. The van der Waals surface area contributed by atoms with E-state index in [9.17, 15) is 14.8 Å². The molecule has 32 heavy (non-hydrogen) atoms. The zero-order chi connectivity index (χ0) is 23.8.